The van der Waals surface area contributed by atoms with Crippen molar-refractivity contribution in [2.75, 3.05) is 6.54 Å². The van der Waals surface area contributed by atoms with Gasteiger partial charge in [-0.1, -0.05) is 18.2 Å². The van der Waals surface area contributed by atoms with E-state index in [0.717, 1.165) is 22.9 Å². The SMILES string of the molecule is N[C@H](Cc1c[nH]c2ccccc12)C(=O)N1CCC[C@H]1B(O)O. The fourth-order valence-electron chi connectivity index (χ4n) is 3.21. The van der Waals surface area contributed by atoms with Gasteiger partial charge in [-0.05, 0) is 30.9 Å². The molecule has 0 spiro atoms. The molecule has 2 aromatic rings. The lowest BCUT2D eigenvalue weighted by Crippen LogP contribution is -2.51. The van der Waals surface area contributed by atoms with Crippen LogP contribution in [-0.4, -0.2) is 51.5 Å². The predicted octanol–water partition coefficient (Wildman–Crippen LogP) is 0.0407. The first-order valence-corrected chi connectivity index (χ1v) is 7.55. The Hall–Kier alpha value is -1.83. The van der Waals surface area contributed by atoms with Crippen molar-refractivity contribution >= 4 is 23.9 Å². The molecule has 6 nitrogen and oxygen atoms in total. The molecule has 1 aromatic heterocycles. The number of hydrogen-bond donors (Lipinski definition) is 4. The summed E-state index contributed by atoms with van der Waals surface area (Å²) in [7, 11) is -1.51. The molecule has 1 saturated heterocycles. The van der Waals surface area contributed by atoms with E-state index in [1.54, 1.807) is 0 Å². The quantitative estimate of drug-likeness (QED) is 0.599. The van der Waals surface area contributed by atoms with Gasteiger partial charge in [-0.3, -0.25) is 4.79 Å². The predicted molar refractivity (Wildman–Crippen MR) is 84.9 cm³/mol. The number of aromatic nitrogens is 1. The second-order valence-corrected chi connectivity index (χ2v) is 5.82. The smallest absolute Gasteiger partial charge is 0.426 e. The zero-order valence-corrected chi connectivity index (χ0v) is 12.3. The van der Waals surface area contributed by atoms with Crippen molar-refractivity contribution < 1.29 is 14.8 Å². The van der Waals surface area contributed by atoms with E-state index in [2.05, 4.69) is 4.98 Å². The normalized spacial score (nSPS) is 19.6. The topological polar surface area (TPSA) is 103 Å². The number of hydrogen-bond acceptors (Lipinski definition) is 4. The Morgan fingerprint density at radius 2 is 2.23 bits per heavy atom. The monoisotopic (exact) mass is 301 g/mol. The second kappa shape index (κ2) is 6.12. The van der Waals surface area contributed by atoms with E-state index in [9.17, 15) is 14.8 Å². The number of benzene rings is 1. The summed E-state index contributed by atoms with van der Waals surface area (Å²) in [6.45, 7) is 0.530. The van der Waals surface area contributed by atoms with Crippen molar-refractivity contribution in [2.45, 2.75) is 31.2 Å². The molecule has 2 heterocycles. The number of likely N-dealkylation sites (tertiary alicyclic amines) is 1. The minimum absolute atomic E-state index is 0.221. The van der Waals surface area contributed by atoms with Crippen molar-refractivity contribution in [3.05, 3.63) is 36.0 Å². The number of H-pyrrole nitrogens is 1. The first kappa shape index (κ1) is 15.1. The number of nitrogens with one attached hydrogen (secondary N) is 1. The first-order chi connectivity index (χ1) is 10.6. The molecular weight excluding hydrogens is 281 g/mol. The zero-order chi connectivity index (χ0) is 15.7. The average molecular weight is 301 g/mol. The lowest BCUT2D eigenvalue weighted by molar-refractivity contribution is -0.132. The highest BCUT2D eigenvalue weighted by Gasteiger charge is 2.38. The van der Waals surface area contributed by atoms with Crippen molar-refractivity contribution in [3.63, 3.8) is 0 Å². The summed E-state index contributed by atoms with van der Waals surface area (Å²) in [4.78, 5) is 17.2. The molecule has 0 bridgehead atoms. The number of amides is 1. The van der Waals surface area contributed by atoms with Crippen LogP contribution in [0.15, 0.2) is 30.5 Å². The van der Waals surface area contributed by atoms with Crippen LogP contribution in [0.2, 0.25) is 0 Å². The molecule has 0 saturated carbocycles. The van der Waals surface area contributed by atoms with Gasteiger partial charge < -0.3 is 25.7 Å². The van der Waals surface area contributed by atoms with Gasteiger partial charge in [0, 0.05) is 23.6 Å². The highest BCUT2D eigenvalue weighted by atomic mass is 16.4. The fourth-order valence-corrected chi connectivity index (χ4v) is 3.21. The highest BCUT2D eigenvalue weighted by Crippen LogP contribution is 2.22. The van der Waals surface area contributed by atoms with Crippen molar-refractivity contribution in [1.82, 2.24) is 9.88 Å². The summed E-state index contributed by atoms with van der Waals surface area (Å²) in [5.41, 5.74) is 8.09. The van der Waals surface area contributed by atoms with Crippen LogP contribution in [0.1, 0.15) is 18.4 Å². The molecular formula is C15H20BN3O3. The fraction of sp³-hybridized carbons (Fsp3) is 0.400. The minimum atomic E-state index is -1.51. The molecule has 1 amide bonds. The third-order valence-corrected chi connectivity index (χ3v) is 4.36. The van der Waals surface area contributed by atoms with E-state index in [0.29, 0.717) is 19.4 Å². The lowest BCUT2D eigenvalue weighted by Gasteiger charge is -2.26. The highest BCUT2D eigenvalue weighted by molar-refractivity contribution is 6.43. The first-order valence-electron chi connectivity index (χ1n) is 7.55. The number of rotatable bonds is 4. The minimum Gasteiger partial charge on any atom is -0.426 e. The Kier molecular flexibility index (Phi) is 4.20. The molecule has 5 N–H and O–H groups in total. The summed E-state index contributed by atoms with van der Waals surface area (Å²) < 4.78 is 0. The molecule has 1 aliphatic heterocycles. The van der Waals surface area contributed by atoms with Gasteiger partial charge >= 0.3 is 7.12 Å². The number of fused-ring (bicyclic) bond motifs is 1. The van der Waals surface area contributed by atoms with Crippen LogP contribution >= 0.6 is 0 Å². The Bertz CT molecular complexity index is 673. The van der Waals surface area contributed by atoms with Crippen LogP contribution in [0, 0.1) is 0 Å². The van der Waals surface area contributed by atoms with E-state index < -0.39 is 19.1 Å². The van der Waals surface area contributed by atoms with Crippen LogP contribution < -0.4 is 5.73 Å². The average Bonchev–Trinajstić information content (AvgIpc) is 3.14. The standard InChI is InChI=1S/C15H20BN3O3/c17-12(15(20)19-7-3-6-14(19)16(21)22)8-10-9-18-13-5-2-1-4-11(10)13/h1-2,4-5,9,12,14,18,21-22H,3,6-8,17H2/t12-,14+/m1/s1. The van der Waals surface area contributed by atoms with Gasteiger partial charge in [0.1, 0.15) is 0 Å². The van der Waals surface area contributed by atoms with E-state index in [-0.39, 0.29) is 5.91 Å². The second-order valence-electron chi connectivity index (χ2n) is 5.82. The molecule has 116 valence electrons. The number of aromatic amines is 1. The van der Waals surface area contributed by atoms with E-state index in [1.165, 1.54) is 4.90 Å². The third-order valence-electron chi connectivity index (χ3n) is 4.36. The summed E-state index contributed by atoms with van der Waals surface area (Å²) in [6, 6.07) is 7.19. The molecule has 7 heteroatoms. The van der Waals surface area contributed by atoms with E-state index in [1.807, 2.05) is 30.5 Å². The molecule has 22 heavy (non-hydrogen) atoms. The molecule has 1 aromatic carbocycles. The molecule has 0 radical (unpaired) electrons. The molecule has 1 fully saturated rings. The summed E-state index contributed by atoms with van der Waals surface area (Å²) in [5, 5.41) is 19.8. The van der Waals surface area contributed by atoms with Crippen LogP contribution in [0.25, 0.3) is 10.9 Å². The Morgan fingerprint density at radius 3 is 3.00 bits per heavy atom. The van der Waals surface area contributed by atoms with Gasteiger partial charge in [0.15, 0.2) is 0 Å². The molecule has 2 atom stereocenters. The number of carbonyl (C=O) groups is 1. The third kappa shape index (κ3) is 2.75. The Morgan fingerprint density at radius 1 is 1.45 bits per heavy atom. The Balaban J connectivity index is 1.74. The molecule has 3 rings (SSSR count). The van der Waals surface area contributed by atoms with Gasteiger partial charge in [0.2, 0.25) is 5.91 Å². The van der Waals surface area contributed by atoms with Gasteiger partial charge in [-0.25, -0.2) is 0 Å². The van der Waals surface area contributed by atoms with E-state index >= 15 is 0 Å². The maximum Gasteiger partial charge on any atom is 0.475 e. The van der Waals surface area contributed by atoms with Crippen molar-refractivity contribution in [1.29, 1.82) is 0 Å². The van der Waals surface area contributed by atoms with Gasteiger partial charge in [-0.15, -0.1) is 0 Å². The number of nitrogens with zero attached hydrogens (tertiary/aromatic N) is 1. The summed E-state index contributed by atoms with van der Waals surface area (Å²) in [6.07, 6.45) is 3.67. The zero-order valence-electron chi connectivity index (χ0n) is 12.3. The lowest BCUT2D eigenvalue weighted by atomic mass is 9.77. The van der Waals surface area contributed by atoms with Crippen LogP contribution in [0.4, 0.5) is 0 Å². The van der Waals surface area contributed by atoms with E-state index in [4.69, 9.17) is 5.73 Å². The number of carbonyl (C=O) groups excluding carboxylic acids is 1. The summed E-state index contributed by atoms with van der Waals surface area (Å²) >= 11 is 0. The van der Waals surface area contributed by atoms with Crippen molar-refractivity contribution in [2.24, 2.45) is 5.73 Å². The van der Waals surface area contributed by atoms with Gasteiger partial charge in [0.05, 0.1) is 12.0 Å². The van der Waals surface area contributed by atoms with Crippen LogP contribution in [0.5, 0.6) is 0 Å². The molecule has 0 aliphatic carbocycles. The maximum absolute atomic E-state index is 12.5. The molecule has 1 aliphatic rings. The van der Waals surface area contributed by atoms with Crippen molar-refractivity contribution in [3.8, 4) is 0 Å². The maximum atomic E-state index is 12.5. The molecule has 0 unspecified atom stereocenters. The largest absolute Gasteiger partial charge is 0.475 e. The summed E-state index contributed by atoms with van der Waals surface area (Å²) in [5.74, 6) is -0.762. The van der Waals surface area contributed by atoms with Gasteiger partial charge in [-0.2, -0.15) is 0 Å². The van der Waals surface area contributed by atoms with Crippen LogP contribution in [0.3, 0.4) is 0 Å². The number of nitrogens with two attached hydrogens (primary N) is 1. The number of para-hydroxylation sites is 1. The van der Waals surface area contributed by atoms with Gasteiger partial charge in [0.25, 0.3) is 0 Å². The van der Waals surface area contributed by atoms with Crippen LogP contribution in [-0.2, 0) is 11.2 Å². The Labute approximate surface area is 129 Å².